The van der Waals surface area contributed by atoms with Gasteiger partial charge in [0.1, 0.15) is 12.0 Å². The number of nitrogens with two attached hydrogens (primary N) is 1. The van der Waals surface area contributed by atoms with Gasteiger partial charge in [-0.05, 0) is 13.3 Å². The highest BCUT2D eigenvalue weighted by atomic mass is 32.2. The van der Waals surface area contributed by atoms with Gasteiger partial charge in [-0.25, -0.2) is 4.98 Å². The Bertz CT molecular complexity index is 402. The largest absolute Gasteiger partial charge is 0.476 e. The molecule has 1 aromatic rings. The predicted octanol–water partition coefficient (Wildman–Crippen LogP) is 1.79. The normalized spacial score (nSPS) is 19.9. The van der Waals surface area contributed by atoms with Gasteiger partial charge in [0.05, 0.1) is 6.61 Å². The van der Waals surface area contributed by atoms with Crippen LogP contribution in [0.1, 0.15) is 20.3 Å². The highest BCUT2D eigenvalue weighted by molar-refractivity contribution is 7.99. The topological polar surface area (TPSA) is 64.3 Å². The molecule has 2 rings (SSSR count). The summed E-state index contributed by atoms with van der Waals surface area (Å²) in [6.07, 6.45) is 2.47. The molecule has 0 bridgehead atoms. The second-order valence-corrected chi connectivity index (χ2v) is 5.53. The summed E-state index contributed by atoms with van der Waals surface area (Å²) >= 11 is 1.97. The van der Waals surface area contributed by atoms with Gasteiger partial charge < -0.3 is 15.4 Å². The molecule has 2 N–H and O–H groups in total. The maximum atomic E-state index is 6.12. The first-order valence-electron chi connectivity index (χ1n) is 6.31. The average molecular weight is 268 g/mol. The van der Waals surface area contributed by atoms with Crippen LogP contribution in [0, 0.1) is 0 Å². The molecule has 0 spiro atoms. The van der Waals surface area contributed by atoms with Crippen molar-refractivity contribution in [1.82, 2.24) is 9.97 Å². The molecule has 1 atom stereocenters. The molecule has 1 saturated heterocycles. The summed E-state index contributed by atoms with van der Waals surface area (Å²) in [7, 11) is 0. The van der Waals surface area contributed by atoms with Crippen molar-refractivity contribution >= 4 is 23.3 Å². The van der Waals surface area contributed by atoms with E-state index in [0.29, 0.717) is 24.2 Å². The minimum atomic E-state index is 0.444. The first-order chi connectivity index (χ1) is 8.74. The molecular weight excluding hydrogens is 248 g/mol. The van der Waals surface area contributed by atoms with E-state index < -0.39 is 0 Å². The fraction of sp³-hybridized carbons (Fsp3) is 0.667. The Morgan fingerprint density at radius 3 is 3.11 bits per heavy atom. The molecule has 0 saturated carbocycles. The molecule has 1 aliphatic heterocycles. The Morgan fingerprint density at radius 1 is 1.56 bits per heavy atom. The van der Waals surface area contributed by atoms with Gasteiger partial charge in [-0.3, -0.25) is 0 Å². The molecule has 1 aromatic heterocycles. The van der Waals surface area contributed by atoms with E-state index in [9.17, 15) is 0 Å². The van der Waals surface area contributed by atoms with Gasteiger partial charge >= 0.3 is 0 Å². The summed E-state index contributed by atoms with van der Waals surface area (Å²) in [4.78, 5) is 10.7. The molecule has 1 aliphatic rings. The van der Waals surface area contributed by atoms with Crippen LogP contribution in [-0.2, 0) is 0 Å². The molecule has 2 heterocycles. The summed E-state index contributed by atoms with van der Waals surface area (Å²) in [6, 6.07) is 0.444. The van der Waals surface area contributed by atoms with Crippen molar-refractivity contribution in [3.63, 3.8) is 0 Å². The molecule has 0 aromatic carbocycles. The molecule has 100 valence electrons. The minimum Gasteiger partial charge on any atom is -0.476 e. The summed E-state index contributed by atoms with van der Waals surface area (Å²) in [5, 5.41) is 0. The number of ether oxygens (including phenoxy) is 1. The summed E-state index contributed by atoms with van der Waals surface area (Å²) < 4.78 is 5.54. The molecule has 1 fully saturated rings. The molecule has 1 unspecified atom stereocenters. The van der Waals surface area contributed by atoms with Crippen LogP contribution >= 0.6 is 11.8 Å². The van der Waals surface area contributed by atoms with Gasteiger partial charge in [0.15, 0.2) is 5.82 Å². The van der Waals surface area contributed by atoms with Gasteiger partial charge in [0.25, 0.3) is 0 Å². The first-order valence-corrected chi connectivity index (χ1v) is 7.47. The number of hydrogen-bond acceptors (Lipinski definition) is 6. The lowest BCUT2D eigenvalue weighted by Gasteiger charge is -2.34. The first kappa shape index (κ1) is 13.3. The summed E-state index contributed by atoms with van der Waals surface area (Å²) in [5.74, 6) is 3.53. The maximum Gasteiger partial charge on any atom is 0.242 e. The van der Waals surface area contributed by atoms with Crippen LogP contribution in [0.5, 0.6) is 5.88 Å². The Balaban J connectivity index is 2.21. The third kappa shape index (κ3) is 2.80. The number of nitrogen functional groups attached to an aromatic ring is 1. The quantitative estimate of drug-likeness (QED) is 0.898. The molecule has 6 heteroatoms. The van der Waals surface area contributed by atoms with Crippen LogP contribution in [0.3, 0.4) is 0 Å². The van der Waals surface area contributed by atoms with Crippen molar-refractivity contribution in [3.8, 4) is 5.88 Å². The van der Waals surface area contributed by atoms with Crippen LogP contribution in [0.4, 0.5) is 11.5 Å². The number of aromatic nitrogens is 2. The van der Waals surface area contributed by atoms with Crippen LogP contribution < -0.4 is 15.4 Å². The van der Waals surface area contributed by atoms with E-state index in [2.05, 4.69) is 28.7 Å². The third-order valence-corrected chi connectivity index (χ3v) is 4.10. The fourth-order valence-corrected chi connectivity index (χ4v) is 2.97. The highest BCUT2D eigenvalue weighted by Crippen LogP contribution is 2.31. The van der Waals surface area contributed by atoms with E-state index in [1.807, 2.05) is 11.8 Å². The zero-order valence-corrected chi connectivity index (χ0v) is 11.7. The smallest absolute Gasteiger partial charge is 0.242 e. The lowest BCUT2D eigenvalue weighted by Crippen LogP contribution is -2.41. The number of rotatable bonds is 4. The van der Waals surface area contributed by atoms with Gasteiger partial charge in [0, 0.05) is 24.1 Å². The molecule has 18 heavy (non-hydrogen) atoms. The van der Waals surface area contributed by atoms with Gasteiger partial charge in [-0.15, -0.1) is 0 Å². The van der Waals surface area contributed by atoms with Crippen molar-refractivity contribution in [3.05, 3.63) is 6.33 Å². The highest BCUT2D eigenvalue weighted by Gasteiger charge is 2.23. The van der Waals surface area contributed by atoms with Crippen LogP contribution in [0.2, 0.25) is 0 Å². The van der Waals surface area contributed by atoms with Gasteiger partial charge in [0.2, 0.25) is 5.88 Å². The number of hydrogen-bond donors (Lipinski definition) is 1. The van der Waals surface area contributed by atoms with Crippen LogP contribution in [-0.4, -0.2) is 40.7 Å². The second kappa shape index (κ2) is 6.13. The molecular formula is C12H20N4OS. The molecule has 0 amide bonds. The predicted molar refractivity (Wildman–Crippen MR) is 76.4 cm³/mol. The Hall–Kier alpha value is -1.17. The maximum absolute atomic E-state index is 6.12. The van der Waals surface area contributed by atoms with Gasteiger partial charge in [-0.2, -0.15) is 16.7 Å². The van der Waals surface area contributed by atoms with Gasteiger partial charge in [-0.1, -0.05) is 6.92 Å². The fourth-order valence-electron chi connectivity index (χ4n) is 1.96. The van der Waals surface area contributed by atoms with E-state index in [4.69, 9.17) is 10.5 Å². The summed E-state index contributed by atoms with van der Waals surface area (Å²) in [5.41, 5.74) is 6.68. The van der Waals surface area contributed by atoms with Crippen molar-refractivity contribution in [2.24, 2.45) is 0 Å². The Labute approximate surface area is 112 Å². The van der Waals surface area contributed by atoms with E-state index >= 15 is 0 Å². The monoisotopic (exact) mass is 268 g/mol. The van der Waals surface area contributed by atoms with Crippen molar-refractivity contribution in [2.45, 2.75) is 26.3 Å². The van der Waals surface area contributed by atoms with Crippen molar-refractivity contribution in [2.75, 3.05) is 35.3 Å². The Kier molecular flexibility index (Phi) is 4.52. The number of nitrogens with zero attached hydrogens (tertiary/aromatic N) is 3. The summed E-state index contributed by atoms with van der Waals surface area (Å²) in [6.45, 7) is 5.86. The molecule has 0 radical (unpaired) electrons. The lowest BCUT2D eigenvalue weighted by atomic mass is 10.3. The van der Waals surface area contributed by atoms with Crippen molar-refractivity contribution in [1.29, 1.82) is 0 Å². The van der Waals surface area contributed by atoms with E-state index in [1.54, 1.807) is 0 Å². The van der Waals surface area contributed by atoms with Crippen LogP contribution in [0.25, 0.3) is 0 Å². The zero-order valence-electron chi connectivity index (χ0n) is 10.9. The van der Waals surface area contributed by atoms with E-state index in [1.165, 1.54) is 6.33 Å². The molecule has 0 aliphatic carbocycles. The average Bonchev–Trinajstić information content (AvgIpc) is 2.39. The SMILES string of the molecule is CCCOc1ncnc(N2CCSCC2C)c1N. The number of anilines is 2. The standard InChI is InChI=1S/C12H20N4OS/c1-3-5-17-12-10(13)11(14-8-15-12)16-4-6-18-7-9(16)2/h8-9H,3-7,13H2,1-2H3. The Morgan fingerprint density at radius 2 is 2.39 bits per heavy atom. The van der Waals surface area contributed by atoms with E-state index in [0.717, 1.165) is 30.3 Å². The lowest BCUT2D eigenvalue weighted by molar-refractivity contribution is 0.306. The van der Waals surface area contributed by atoms with Crippen molar-refractivity contribution < 1.29 is 4.74 Å². The zero-order chi connectivity index (χ0) is 13.0. The minimum absolute atomic E-state index is 0.444. The third-order valence-electron chi connectivity index (χ3n) is 2.91. The molecule has 5 nitrogen and oxygen atoms in total. The number of thioether (sulfide) groups is 1. The van der Waals surface area contributed by atoms with E-state index in [-0.39, 0.29) is 0 Å². The van der Waals surface area contributed by atoms with Crippen LogP contribution in [0.15, 0.2) is 6.33 Å². The second-order valence-electron chi connectivity index (χ2n) is 4.38.